The number of ether oxygens (including phenoxy) is 1. The van der Waals surface area contributed by atoms with Gasteiger partial charge >= 0.3 is 12.4 Å². The summed E-state index contributed by atoms with van der Waals surface area (Å²) in [5.41, 5.74) is 2.85. The molecule has 2 aliphatic rings. The lowest BCUT2D eigenvalue weighted by molar-refractivity contribution is -0.274. The van der Waals surface area contributed by atoms with Crippen LogP contribution in [0.5, 0.6) is 5.75 Å². The summed E-state index contributed by atoms with van der Waals surface area (Å²) in [6.45, 7) is 6.65. The zero-order valence-corrected chi connectivity index (χ0v) is 35.3. The van der Waals surface area contributed by atoms with Crippen LogP contribution >= 0.6 is 11.6 Å². The van der Waals surface area contributed by atoms with Crippen LogP contribution in [-0.4, -0.2) is 88.2 Å². The van der Waals surface area contributed by atoms with Crippen molar-refractivity contribution >= 4 is 41.0 Å². The number of aromatic amines is 1. The quantitative estimate of drug-likeness (QED) is 0.0786. The van der Waals surface area contributed by atoms with Gasteiger partial charge in [0, 0.05) is 44.0 Å². The fourth-order valence-electron chi connectivity index (χ4n) is 8.03. The third kappa shape index (κ3) is 10.7. The molecule has 4 amide bonds. The zero-order chi connectivity index (χ0) is 44.0. The largest absolute Gasteiger partial charge is 0.573 e. The van der Waals surface area contributed by atoms with Crippen LogP contribution < -0.4 is 26.0 Å². The third-order valence-electron chi connectivity index (χ3n) is 11.1. The van der Waals surface area contributed by atoms with Gasteiger partial charge in [-0.1, -0.05) is 79.5 Å². The molecule has 4 atom stereocenters. The molecule has 17 heteroatoms. The summed E-state index contributed by atoms with van der Waals surface area (Å²) in [5.74, 6) is 0.215. The summed E-state index contributed by atoms with van der Waals surface area (Å²) in [7, 11) is 1.51. The van der Waals surface area contributed by atoms with E-state index in [2.05, 4.69) is 47.8 Å². The molecule has 2 saturated heterocycles. The number of H-pyrrole nitrogens is 1. The number of nitrogens with zero attached hydrogens (tertiary/aromatic N) is 4. The molecule has 0 radical (unpaired) electrons. The van der Waals surface area contributed by atoms with Crippen LogP contribution in [0, 0.1) is 5.92 Å². The van der Waals surface area contributed by atoms with Crippen LogP contribution in [-0.2, 0) is 4.79 Å². The monoisotopic (exact) mass is 871 g/mol. The van der Waals surface area contributed by atoms with E-state index in [0.717, 1.165) is 56.0 Å². The molecular formula is C45H49ClF3N9O4. The molecule has 0 spiro atoms. The molecule has 2 aliphatic heterocycles. The van der Waals surface area contributed by atoms with E-state index in [1.54, 1.807) is 43.5 Å². The van der Waals surface area contributed by atoms with Crippen LogP contribution in [0.4, 0.5) is 29.5 Å². The number of benzene rings is 3. The van der Waals surface area contributed by atoms with Crippen LogP contribution in [0.15, 0.2) is 91.3 Å². The fourth-order valence-corrected chi connectivity index (χ4v) is 8.24. The Bertz CT molecular complexity index is 2340. The van der Waals surface area contributed by atoms with E-state index in [1.807, 2.05) is 35.2 Å². The Hall–Kier alpha value is -6.13. The first-order valence-corrected chi connectivity index (χ1v) is 21.0. The number of hydrogen-bond donors (Lipinski definition) is 5. The van der Waals surface area contributed by atoms with Gasteiger partial charge in [-0.25, -0.2) is 14.8 Å². The van der Waals surface area contributed by atoms with Crippen molar-refractivity contribution in [1.82, 2.24) is 35.4 Å². The fraction of sp³-hybridized carbons (Fsp3) is 0.356. The van der Waals surface area contributed by atoms with E-state index < -0.39 is 18.0 Å². The highest BCUT2D eigenvalue weighted by atomic mass is 35.5. The summed E-state index contributed by atoms with van der Waals surface area (Å²) in [6.07, 6.45) is 1.98. The number of anilines is 2. The summed E-state index contributed by atoms with van der Waals surface area (Å²) >= 11 is 6.58. The average Bonchev–Trinajstić information content (AvgIpc) is 3.92. The van der Waals surface area contributed by atoms with E-state index in [1.165, 1.54) is 25.4 Å². The first kappa shape index (κ1) is 43.9. The molecule has 13 nitrogen and oxygen atoms in total. The molecule has 326 valence electrons. The smallest absolute Gasteiger partial charge is 0.405 e. The maximum atomic E-state index is 14.5. The number of rotatable bonds is 13. The van der Waals surface area contributed by atoms with Crippen molar-refractivity contribution in [3.05, 3.63) is 113 Å². The minimum Gasteiger partial charge on any atom is -0.405 e. The number of carbonyl (C=O) groups excluding carboxylic acids is 3. The minimum atomic E-state index is -5.04. The van der Waals surface area contributed by atoms with Gasteiger partial charge < -0.3 is 35.9 Å². The second kappa shape index (κ2) is 19.3. The molecule has 0 unspecified atom stereocenters. The third-order valence-corrected chi connectivity index (χ3v) is 11.4. The SMILES string of the molecule is CNC(=O)N[C@@H](C)CNc1ccc(C(=O)Nc2cc(OC(F)(F)F)c(-c3ccc(-c4cnc([C@@H]5C[C@H](C)CN5C(=O)[C@@H](c5ccccc5)N5CCCCC5)[nH]4)cc3)cc2Cl)cn1. The lowest BCUT2D eigenvalue weighted by atomic mass is 10.00. The number of hydrogen-bond acceptors (Lipinski definition) is 8. The van der Waals surface area contributed by atoms with Crippen LogP contribution in [0.25, 0.3) is 22.4 Å². The van der Waals surface area contributed by atoms with Crippen LogP contribution in [0.1, 0.15) is 73.4 Å². The van der Waals surface area contributed by atoms with Crippen molar-refractivity contribution in [2.75, 3.05) is 43.9 Å². The van der Waals surface area contributed by atoms with E-state index in [0.29, 0.717) is 36.0 Å². The Kier molecular flexibility index (Phi) is 13.7. The van der Waals surface area contributed by atoms with Gasteiger partial charge in [-0.3, -0.25) is 14.5 Å². The normalized spacial score (nSPS) is 17.8. The maximum absolute atomic E-state index is 14.5. The van der Waals surface area contributed by atoms with Crippen LogP contribution in [0.2, 0.25) is 5.02 Å². The molecule has 0 bridgehead atoms. The Balaban J connectivity index is 1.06. The summed E-state index contributed by atoms with van der Waals surface area (Å²) in [4.78, 5) is 55.8. The van der Waals surface area contributed by atoms with Gasteiger partial charge in [-0.05, 0) is 80.1 Å². The number of alkyl halides is 3. The number of amides is 4. The molecule has 4 heterocycles. The summed E-state index contributed by atoms with van der Waals surface area (Å²) in [5, 5.41) is 10.8. The van der Waals surface area contributed by atoms with Gasteiger partial charge in [0.15, 0.2) is 0 Å². The lowest BCUT2D eigenvalue weighted by Crippen LogP contribution is -2.45. The van der Waals surface area contributed by atoms with Crippen molar-refractivity contribution in [1.29, 1.82) is 0 Å². The van der Waals surface area contributed by atoms with Crippen molar-refractivity contribution in [2.45, 2.75) is 64.0 Å². The van der Waals surface area contributed by atoms with E-state index in [4.69, 9.17) is 16.6 Å². The first-order valence-electron chi connectivity index (χ1n) is 20.6. The highest BCUT2D eigenvalue weighted by Gasteiger charge is 2.41. The van der Waals surface area contributed by atoms with Crippen molar-refractivity contribution in [2.24, 2.45) is 5.92 Å². The van der Waals surface area contributed by atoms with E-state index in [9.17, 15) is 27.6 Å². The van der Waals surface area contributed by atoms with Gasteiger partial charge in [0.1, 0.15) is 23.4 Å². The van der Waals surface area contributed by atoms with Gasteiger partial charge in [0.25, 0.3) is 5.91 Å². The number of carbonyl (C=O) groups is 3. The van der Waals surface area contributed by atoms with Gasteiger partial charge in [0.05, 0.1) is 34.2 Å². The molecule has 62 heavy (non-hydrogen) atoms. The Labute approximate surface area is 362 Å². The number of nitrogens with one attached hydrogen (secondary N) is 5. The molecule has 2 fully saturated rings. The first-order chi connectivity index (χ1) is 29.8. The highest BCUT2D eigenvalue weighted by molar-refractivity contribution is 6.34. The molecule has 0 saturated carbocycles. The van der Waals surface area contributed by atoms with Crippen molar-refractivity contribution in [3.63, 3.8) is 0 Å². The predicted molar refractivity (Wildman–Crippen MR) is 232 cm³/mol. The molecule has 0 aliphatic carbocycles. The van der Waals surface area contributed by atoms with E-state index >= 15 is 0 Å². The molecule has 3 aromatic carbocycles. The molecule has 5 N–H and O–H groups in total. The second-order valence-electron chi connectivity index (χ2n) is 15.8. The number of halogens is 4. The maximum Gasteiger partial charge on any atom is 0.573 e. The Morgan fingerprint density at radius 2 is 1.68 bits per heavy atom. The predicted octanol–water partition coefficient (Wildman–Crippen LogP) is 8.81. The number of aromatic nitrogens is 3. The number of imidazole rings is 1. The van der Waals surface area contributed by atoms with Crippen molar-refractivity contribution in [3.8, 4) is 28.1 Å². The average molecular weight is 872 g/mol. The van der Waals surface area contributed by atoms with Crippen LogP contribution in [0.3, 0.4) is 0 Å². The van der Waals surface area contributed by atoms with Gasteiger partial charge in [-0.15, -0.1) is 13.2 Å². The zero-order valence-electron chi connectivity index (χ0n) is 34.6. The van der Waals surface area contributed by atoms with Gasteiger partial charge in [-0.2, -0.15) is 0 Å². The Morgan fingerprint density at radius 3 is 2.35 bits per heavy atom. The molecule has 5 aromatic rings. The van der Waals surface area contributed by atoms with Gasteiger partial charge in [0.2, 0.25) is 5.91 Å². The van der Waals surface area contributed by atoms with Crippen molar-refractivity contribution < 1.29 is 32.3 Å². The lowest BCUT2D eigenvalue weighted by Gasteiger charge is -2.37. The molecule has 2 aromatic heterocycles. The topological polar surface area (TPSA) is 157 Å². The minimum absolute atomic E-state index is 0.0197. The summed E-state index contributed by atoms with van der Waals surface area (Å²) < 4.78 is 45.7. The second-order valence-corrected chi connectivity index (χ2v) is 16.2. The Morgan fingerprint density at radius 1 is 0.952 bits per heavy atom. The number of likely N-dealkylation sites (tertiary alicyclic amines) is 2. The number of urea groups is 1. The number of piperidine rings is 1. The molecule has 7 rings (SSSR count). The highest BCUT2D eigenvalue weighted by Crippen LogP contribution is 2.42. The van der Waals surface area contributed by atoms with E-state index in [-0.39, 0.29) is 57.8 Å². The number of pyridine rings is 1. The standard InChI is InChI=1S/C45H49ClF3N9O4/c1-27-20-37(58(26-27)43(60)40(31-10-6-4-7-11-31)57-18-8-5-9-19-57)41-53-25-36(55-41)30-14-12-29(13-15-30)33-21-34(46)35(22-38(33)62-45(47,48)49)56-42(59)32-16-17-39(52-24-32)51-23-28(2)54-44(61)50-3/h4,6-7,10-17,21-22,24-25,27-28,37,40H,5,8-9,18-20,23,26H2,1-3H3,(H,51,52)(H,53,55)(H,56,59)(H2,50,54,61)/t27-,28-,37-,40+/m0/s1. The summed E-state index contributed by atoms with van der Waals surface area (Å²) in [6, 6.07) is 21.0. The molecular weight excluding hydrogens is 823 g/mol.